The van der Waals surface area contributed by atoms with E-state index in [1.165, 1.54) is 43.8 Å². The van der Waals surface area contributed by atoms with Crippen molar-refractivity contribution < 1.29 is 19.2 Å². The van der Waals surface area contributed by atoms with Crippen LogP contribution in [0.5, 0.6) is 0 Å². The summed E-state index contributed by atoms with van der Waals surface area (Å²) in [5, 5.41) is 5.54. The van der Waals surface area contributed by atoms with Crippen LogP contribution in [-0.4, -0.2) is 7.63 Å². The molecule has 174 valence electrons. The molecule has 1 aliphatic rings. The number of rotatable bonds is 1. The first-order valence-electron chi connectivity index (χ1n) is 9.94. The van der Waals surface area contributed by atoms with E-state index in [2.05, 4.69) is 104 Å². The van der Waals surface area contributed by atoms with Gasteiger partial charge in [-0.15, -0.1) is 58.5 Å². The van der Waals surface area contributed by atoms with Gasteiger partial charge >= 0.3 is 26.8 Å². The van der Waals surface area contributed by atoms with Crippen LogP contribution in [0.3, 0.4) is 0 Å². The summed E-state index contributed by atoms with van der Waals surface area (Å²) in [4.78, 5) is 0. The molecule has 0 atom stereocenters. The first-order chi connectivity index (χ1) is 13.2. The molecule has 32 heavy (non-hydrogen) atoms. The monoisotopic (exact) mass is 519 g/mol. The van der Waals surface area contributed by atoms with Gasteiger partial charge in [-0.05, 0) is 17.3 Å². The molecule has 0 aliphatic heterocycles. The van der Waals surface area contributed by atoms with Crippen molar-refractivity contribution in [1.29, 1.82) is 0 Å². The molecule has 0 saturated carbocycles. The molecule has 4 heteroatoms. The van der Waals surface area contributed by atoms with Crippen molar-refractivity contribution in [2.75, 3.05) is 0 Å². The van der Waals surface area contributed by atoms with E-state index < -0.39 is 0 Å². The van der Waals surface area contributed by atoms with Crippen molar-refractivity contribution >= 4 is 59.6 Å². The normalized spacial score (nSPS) is 12.5. The fourth-order valence-electron chi connectivity index (χ4n) is 4.16. The number of hydrogen-bond acceptors (Lipinski definition) is 0. The van der Waals surface area contributed by atoms with Crippen molar-refractivity contribution in [3.8, 4) is 0 Å². The molecular formula is C28H37Cl2SiTi-3. The molecule has 0 amide bonds. The van der Waals surface area contributed by atoms with E-state index in [0.29, 0.717) is 0 Å². The molecule has 0 aromatic heterocycles. The first kappa shape index (κ1) is 33.5. The van der Waals surface area contributed by atoms with Gasteiger partial charge in [-0.3, -0.25) is 0 Å². The Morgan fingerprint density at radius 2 is 1.44 bits per heavy atom. The van der Waals surface area contributed by atoms with Gasteiger partial charge in [-0.2, -0.15) is 0 Å². The number of hydrogen-bond donors (Lipinski definition) is 0. The molecule has 0 spiro atoms. The zero-order valence-electron chi connectivity index (χ0n) is 20.7. The minimum atomic E-state index is 0. The summed E-state index contributed by atoms with van der Waals surface area (Å²) in [5.74, 6) is 0. The molecule has 0 saturated heterocycles. The minimum absolute atomic E-state index is 0. The Morgan fingerprint density at radius 3 is 1.94 bits per heavy atom. The Labute approximate surface area is 222 Å². The Hall–Kier alpha value is -0.699. The van der Waals surface area contributed by atoms with Gasteiger partial charge in [0.1, 0.15) is 0 Å². The van der Waals surface area contributed by atoms with Crippen molar-refractivity contribution in [2.45, 2.75) is 58.8 Å². The van der Waals surface area contributed by atoms with Gasteiger partial charge in [-0.1, -0.05) is 106 Å². The number of fused-ring (bicyclic) bond motifs is 3. The zero-order chi connectivity index (χ0) is 20.7. The molecule has 0 unspecified atom stereocenters. The topological polar surface area (TPSA) is 0 Å². The second-order valence-corrected chi connectivity index (χ2v) is 9.72. The van der Waals surface area contributed by atoms with Crippen LogP contribution in [0.25, 0.3) is 27.1 Å². The molecule has 1 aliphatic carbocycles. The molecule has 0 N–H and O–H groups in total. The summed E-state index contributed by atoms with van der Waals surface area (Å²) in [6.45, 7) is 13.8. The van der Waals surface area contributed by atoms with Gasteiger partial charge < -0.3 is 14.9 Å². The predicted molar refractivity (Wildman–Crippen MR) is 149 cm³/mol. The molecule has 2 radical (unpaired) electrons. The van der Waals surface area contributed by atoms with Gasteiger partial charge in [0.15, 0.2) is 0 Å². The van der Waals surface area contributed by atoms with E-state index in [1.54, 1.807) is 19.2 Å². The van der Waals surface area contributed by atoms with Crippen LogP contribution < -0.4 is 0 Å². The van der Waals surface area contributed by atoms with Gasteiger partial charge in [0.25, 0.3) is 0 Å². The molecule has 4 rings (SSSR count). The number of allylic oxidation sites excluding steroid dienone is 4. The summed E-state index contributed by atoms with van der Waals surface area (Å²) >= 11 is 1.81. The summed E-state index contributed by atoms with van der Waals surface area (Å²) < 4.78 is 0. The number of halogens is 2. The van der Waals surface area contributed by atoms with E-state index in [1.807, 2.05) is 0 Å². The molecular weight excluding hydrogens is 483 g/mol. The third-order valence-corrected chi connectivity index (χ3v) is 5.65. The van der Waals surface area contributed by atoms with Crippen molar-refractivity contribution in [3.05, 3.63) is 86.2 Å². The van der Waals surface area contributed by atoms with Crippen LogP contribution in [0.4, 0.5) is 0 Å². The van der Waals surface area contributed by atoms with Crippen LogP contribution in [0.1, 0.15) is 64.7 Å². The van der Waals surface area contributed by atoms with Crippen LogP contribution in [0.15, 0.2) is 54.6 Å². The van der Waals surface area contributed by atoms with Gasteiger partial charge in [-0.25, -0.2) is 0 Å². The van der Waals surface area contributed by atoms with Gasteiger partial charge in [0.2, 0.25) is 0 Å². The van der Waals surface area contributed by atoms with Gasteiger partial charge in [0, 0.05) is 0 Å². The Bertz CT molecular complexity index is 1090. The van der Waals surface area contributed by atoms with E-state index in [-0.39, 0.29) is 50.5 Å². The van der Waals surface area contributed by atoms with Crippen molar-refractivity contribution in [2.24, 2.45) is 0 Å². The average molecular weight is 520 g/mol. The molecule has 3 aromatic carbocycles. The van der Waals surface area contributed by atoms with E-state index in [0.717, 1.165) is 6.42 Å². The Morgan fingerprint density at radius 1 is 0.844 bits per heavy atom. The fraction of sp³-hybridized carbons (Fsp3) is 0.321. The van der Waals surface area contributed by atoms with Crippen LogP contribution >= 0.6 is 24.8 Å². The van der Waals surface area contributed by atoms with Gasteiger partial charge in [0.05, 0.1) is 0 Å². The maximum atomic E-state index is 2.97. The summed E-state index contributed by atoms with van der Waals surface area (Å²) in [6, 6.07) is 14.1. The van der Waals surface area contributed by atoms with Crippen LogP contribution in [0, 0.1) is 14.9 Å². The quantitative estimate of drug-likeness (QED) is 0.222. The van der Waals surface area contributed by atoms with Crippen molar-refractivity contribution in [3.63, 3.8) is 0 Å². The van der Waals surface area contributed by atoms with E-state index >= 15 is 0 Å². The van der Waals surface area contributed by atoms with E-state index in [9.17, 15) is 0 Å². The molecule has 3 aromatic rings. The summed E-state index contributed by atoms with van der Waals surface area (Å²) in [7, 11) is 2.97. The SMILES string of the molecule is CC(C)(C)c1ccc2c(c1)[cH-]c1c(C3=CC=CC3)c(C(C)(C)C)ccc12.Cl.Cl.[CH3-].[CH3-].[Si]=[Ti]. The van der Waals surface area contributed by atoms with Crippen LogP contribution in [-0.2, 0) is 30.0 Å². The average Bonchev–Trinajstić information content (AvgIpc) is 3.28. The second kappa shape index (κ2) is 12.7. The third kappa shape index (κ3) is 6.45. The molecule has 0 fully saturated rings. The zero-order valence-corrected chi connectivity index (χ0v) is 24.9. The standard InChI is InChI=1S/C26H29.2CH3.2ClH.Si.Ti/c1-25(2,3)19-11-12-20-18(15-19)16-22-21(20)13-14-23(26(4,5)6)24(22)17-9-7-8-10-17;;;;;;/h7-9,11-16H,10H2,1-6H3;2*1H3;2*1H;;/q3*-1;;;;. The van der Waals surface area contributed by atoms with E-state index in [4.69, 9.17) is 0 Å². The summed E-state index contributed by atoms with van der Waals surface area (Å²) in [6.07, 6.45) is 7.79. The molecule has 0 nitrogen and oxygen atoms in total. The maximum absolute atomic E-state index is 2.97. The summed E-state index contributed by atoms with van der Waals surface area (Å²) in [5.41, 5.74) is 6.06. The van der Waals surface area contributed by atoms with Crippen LogP contribution in [0.2, 0.25) is 0 Å². The molecule has 0 heterocycles. The Kier molecular flexibility index (Phi) is 13.3. The third-order valence-electron chi connectivity index (χ3n) is 5.65. The predicted octanol–water partition coefficient (Wildman–Crippen LogP) is 9.01. The van der Waals surface area contributed by atoms with Crippen molar-refractivity contribution in [1.82, 2.24) is 0 Å². The Balaban J connectivity index is 0. The second-order valence-electron chi connectivity index (χ2n) is 9.72. The fourth-order valence-corrected chi connectivity index (χ4v) is 4.16. The molecule has 0 bridgehead atoms. The number of benzene rings is 2. The first-order valence-corrected chi connectivity index (χ1v) is 12.8.